The monoisotopic (exact) mass is 367 g/mol. The number of hydrogen-bond donors (Lipinski definition) is 1. The van der Waals surface area contributed by atoms with E-state index in [1.165, 1.54) is 0 Å². The lowest BCUT2D eigenvalue weighted by Gasteiger charge is -2.32. The third-order valence-corrected chi connectivity index (χ3v) is 6.91. The van der Waals surface area contributed by atoms with Crippen LogP contribution in [0.25, 0.3) is 0 Å². The standard InChI is InChI=1S/C17H26BNO5S/c1-6-22-15-10-7-12(19-25(20,21)13-8-9-13)11-14(15)18-23-16(2,3)17(4,5)24-18/h7,10-11,13,19H,6,8-9H2,1-5H3. The van der Waals surface area contributed by atoms with Gasteiger partial charge < -0.3 is 14.0 Å². The minimum absolute atomic E-state index is 0.278. The molecule has 1 aromatic carbocycles. The Kier molecular flexibility index (Phi) is 4.58. The summed E-state index contributed by atoms with van der Waals surface area (Å²) < 4.78 is 45.0. The smallest absolute Gasteiger partial charge is 0.494 e. The molecule has 1 saturated heterocycles. The van der Waals surface area contributed by atoms with Crippen molar-refractivity contribution in [2.45, 2.75) is 63.9 Å². The topological polar surface area (TPSA) is 73.9 Å². The summed E-state index contributed by atoms with van der Waals surface area (Å²) in [6.07, 6.45) is 1.44. The lowest BCUT2D eigenvalue weighted by Crippen LogP contribution is -2.41. The second kappa shape index (κ2) is 6.18. The molecule has 0 amide bonds. The van der Waals surface area contributed by atoms with E-state index in [9.17, 15) is 8.42 Å². The highest BCUT2D eigenvalue weighted by molar-refractivity contribution is 7.93. The third kappa shape index (κ3) is 3.66. The van der Waals surface area contributed by atoms with E-state index in [2.05, 4.69) is 4.72 Å². The molecule has 0 unspecified atom stereocenters. The predicted molar refractivity (Wildman–Crippen MR) is 98.9 cm³/mol. The molecule has 1 saturated carbocycles. The van der Waals surface area contributed by atoms with E-state index in [1.54, 1.807) is 18.2 Å². The summed E-state index contributed by atoms with van der Waals surface area (Å²) in [5.41, 5.74) is 0.228. The van der Waals surface area contributed by atoms with Crippen LogP contribution in [0.15, 0.2) is 18.2 Å². The van der Waals surface area contributed by atoms with E-state index in [-0.39, 0.29) is 5.25 Å². The van der Waals surface area contributed by atoms with Gasteiger partial charge in [-0.25, -0.2) is 8.42 Å². The van der Waals surface area contributed by atoms with Crippen molar-refractivity contribution in [3.63, 3.8) is 0 Å². The maximum absolute atomic E-state index is 12.2. The Hall–Kier alpha value is -1.25. The van der Waals surface area contributed by atoms with Crippen LogP contribution in [-0.4, -0.2) is 38.6 Å². The van der Waals surface area contributed by atoms with Crippen molar-refractivity contribution in [2.75, 3.05) is 11.3 Å². The first-order valence-corrected chi connectivity index (χ1v) is 10.2. The zero-order valence-corrected chi connectivity index (χ0v) is 16.3. The second-order valence-electron chi connectivity index (χ2n) is 7.62. The maximum Gasteiger partial charge on any atom is 0.498 e. The van der Waals surface area contributed by atoms with E-state index in [4.69, 9.17) is 14.0 Å². The average molecular weight is 367 g/mol. The van der Waals surface area contributed by atoms with Crippen molar-refractivity contribution in [1.82, 2.24) is 0 Å². The highest BCUT2D eigenvalue weighted by Gasteiger charge is 2.52. The first-order chi connectivity index (χ1) is 11.6. The second-order valence-corrected chi connectivity index (χ2v) is 9.58. The van der Waals surface area contributed by atoms with Crippen LogP contribution in [0.5, 0.6) is 5.75 Å². The fraction of sp³-hybridized carbons (Fsp3) is 0.647. The molecule has 2 aliphatic rings. The average Bonchev–Trinajstić information content (AvgIpc) is 3.29. The van der Waals surface area contributed by atoms with Crippen LogP contribution in [0.3, 0.4) is 0 Å². The molecule has 1 aromatic rings. The molecule has 3 rings (SSSR count). The largest absolute Gasteiger partial charge is 0.498 e. The lowest BCUT2D eigenvalue weighted by molar-refractivity contribution is 0.00578. The van der Waals surface area contributed by atoms with Crippen LogP contribution >= 0.6 is 0 Å². The van der Waals surface area contributed by atoms with Gasteiger partial charge in [-0.2, -0.15) is 0 Å². The molecular formula is C17H26BNO5S. The van der Waals surface area contributed by atoms with Gasteiger partial charge in [-0.15, -0.1) is 0 Å². The molecule has 0 aromatic heterocycles. The molecule has 1 heterocycles. The van der Waals surface area contributed by atoms with Gasteiger partial charge in [-0.1, -0.05) is 0 Å². The van der Waals surface area contributed by atoms with E-state index >= 15 is 0 Å². The fourth-order valence-corrected chi connectivity index (χ4v) is 4.06. The molecule has 0 spiro atoms. The van der Waals surface area contributed by atoms with Gasteiger partial charge >= 0.3 is 7.12 Å². The van der Waals surface area contributed by atoms with E-state index in [0.29, 0.717) is 23.5 Å². The molecule has 6 nitrogen and oxygen atoms in total. The molecule has 1 aliphatic heterocycles. The molecule has 138 valence electrons. The maximum atomic E-state index is 12.2. The van der Waals surface area contributed by atoms with Crippen molar-refractivity contribution in [2.24, 2.45) is 0 Å². The predicted octanol–water partition coefficient (Wildman–Crippen LogP) is 2.29. The number of sulfonamides is 1. The molecular weight excluding hydrogens is 341 g/mol. The summed E-state index contributed by atoms with van der Waals surface area (Å²) >= 11 is 0. The van der Waals surface area contributed by atoms with Crippen molar-refractivity contribution < 1.29 is 22.5 Å². The van der Waals surface area contributed by atoms with Gasteiger partial charge in [-0.05, 0) is 65.7 Å². The highest BCUT2D eigenvalue weighted by atomic mass is 32.2. The summed E-state index contributed by atoms with van der Waals surface area (Å²) in [6.45, 7) is 10.3. The molecule has 8 heteroatoms. The van der Waals surface area contributed by atoms with Crippen molar-refractivity contribution in [3.8, 4) is 5.75 Å². The minimum Gasteiger partial charge on any atom is -0.494 e. The van der Waals surface area contributed by atoms with Crippen LogP contribution in [0.4, 0.5) is 5.69 Å². The van der Waals surface area contributed by atoms with Crippen LogP contribution in [0.2, 0.25) is 0 Å². The number of anilines is 1. The molecule has 2 fully saturated rings. The Labute approximate surface area is 150 Å². The zero-order chi connectivity index (χ0) is 18.5. The first-order valence-electron chi connectivity index (χ1n) is 8.70. The summed E-state index contributed by atoms with van der Waals surface area (Å²) in [5.74, 6) is 0.635. The van der Waals surface area contributed by atoms with Crippen molar-refractivity contribution in [1.29, 1.82) is 0 Å². The summed E-state index contributed by atoms with van der Waals surface area (Å²) in [4.78, 5) is 0. The zero-order valence-electron chi connectivity index (χ0n) is 15.5. The van der Waals surface area contributed by atoms with Gasteiger partial charge in [0.25, 0.3) is 0 Å². The Bertz CT molecular complexity index is 742. The normalized spacial score (nSPS) is 22.0. The van der Waals surface area contributed by atoms with Crippen LogP contribution < -0.4 is 14.9 Å². The van der Waals surface area contributed by atoms with Gasteiger partial charge in [0, 0.05) is 11.2 Å². The molecule has 1 aliphatic carbocycles. The Morgan fingerprint density at radius 3 is 2.32 bits per heavy atom. The van der Waals surface area contributed by atoms with Gasteiger partial charge in [0.05, 0.1) is 23.1 Å². The summed E-state index contributed by atoms with van der Waals surface area (Å²) in [5, 5.41) is -0.278. The summed E-state index contributed by atoms with van der Waals surface area (Å²) in [6, 6.07) is 5.21. The van der Waals surface area contributed by atoms with Gasteiger partial charge in [0.1, 0.15) is 5.75 Å². The minimum atomic E-state index is -3.32. The number of ether oxygens (including phenoxy) is 1. The number of hydrogen-bond acceptors (Lipinski definition) is 5. The Balaban J connectivity index is 1.92. The van der Waals surface area contributed by atoms with E-state index in [0.717, 1.165) is 12.8 Å². The quantitative estimate of drug-likeness (QED) is 0.781. The first kappa shape index (κ1) is 18.5. The number of nitrogens with one attached hydrogen (secondary N) is 1. The lowest BCUT2D eigenvalue weighted by atomic mass is 9.78. The highest BCUT2D eigenvalue weighted by Crippen LogP contribution is 2.37. The van der Waals surface area contributed by atoms with Crippen LogP contribution in [-0.2, 0) is 19.3 Å². The summed E-state index contributed by atoms with van der Waals surface area (Å²) in [7, 11) is -3.94. The van der Waals surface area contributed by atoms with Crippen LogP contribution in [0.1, 0.15) is 47.5 Å². The molecule has 0 radical (unpaired) electrons. The SMILES string of the molecule is CCOc1ccc(NS(=O)(=O)C2CC2)cc1B1OC(C)(C)C(C)(C)O1. The Morgan fingerprint density at radius 1 is 1.20 bits per heavy atom. The fourth-order valence-electron chi connectivity index (χ4n) is 2.68. The van der Waals surface area contributed by atoms with E-state index < -0.39 is 28.3 Å². The molecule has 25 heavy (non-hydrogen) atoms. The molecule has 0 atom stereocenters. The van der Waals surface area contributed by atoms with Gasteiger partial charge in [0.15, 0.2) is 0 Å². The van der Waals surface area contributed by atoms with Crippen LogP contribution in [0, 0.1) is 0 Å². The molecule has 0 bridgehead atoms. The molecule has 1 N–H and O–H groups in total. The third-order valence-electron chi connectivity index (χ3n) is 5.04. The van der Waals surface area contributed by atoms with E-state index in [1.807, 2.05) is 34.6 Å². The van der Waals surface area contributed by atoms with Crippen molar-refractivity contribution in [3.05, 3.63) is 18.2 Å². The van der Waals surface area contributed by atoms with Gasteiger partial charge in [-0.3, -0.25) is 4.72 Å². The number of benzene rings is 1. The number of rotatable bonds is 6. The van der Waals surface area contributed by atoms with Gasteiger partial charge in [0.2, 0.25) is 10.0 Å². The Morgan fingerprint density at radius 2 is 1.80 bits per heavy atom. The van der Waals surface area contributed by atoms with Crippen molar-refractivity contribution >= 4 is 28.3 Å².